The summed E-state index contributed by atoms with van der Waals surface area (Å²) in [5.74, 6) is 0. The first-order valence-electron chi connectivity index (χ1n) is 8.50. The second-order valence-corrected chi connectivity index (χ2v) is 6.80. The van der Waals surface area contributed by atoms with Gasteiger partial charge in [0, 0.05) is 25.0 Å². The number of nitrogens with zero attached hydrogens (tertiary/aromatic N) is 2. The van der Waals surface area contributed by atoms with E-state index in [1.807, 2.05) is 36.4 Å². The summed E-state index contributed by atoms with van der Waals surface area (Å²) in [6, 6.07) is 20.5. The fourth-order valence-corrected chi connectivity index (χ4v) is 3.75. The Kier molecular flexibility index (Phi) is 3.83. The van der Waals surface area contributed by atoms with Gasteiger partial charge in [0.1, 0.15) is 5.60 Å². The minimum atomic E-state index is -0.748. The van der Waals surface area contributed by atoms with Crippen LogP contribution in [0.3, 0.4) is 0 Å². The van der Waals surface area contributed by atoms with Crippen molar-refractivity contribution in [2.45, 2.75) is 25.5 Å². The number of aryl methyl sites for hydroxylation is 1. The Morgan fingerprint density at radius 2 is 1.83 bits per heavy atom. The third kappa shape index (κ3) is 2.81. The summed E-state index contributed by atoms with van der Waals surface area (Å²) in [6.45, 7) is 4.39. The molecule has 3 aromatic rings. The summed E-state index contributed by atoms with van der Waals surface area (Å²) >= 11 is 0. The number of rotatable bonds is 3. The predicted octanol–water partition coefficient (Wildman–Crippen LogP) is 3.64. The van der Waals surface area contributed by atoms with Crippen molar-refractivity contribution < 1.29 is 5.11 Å². The third-order valence-electron chi connectivity index (χ3n) is 5.01. The molecule has 1 N–H and O–H groups in total. The molecule has 0 unspecified atom stereocenters. The molecule has 0 radical (unpaired) electrons. The van der Waals surface area contributed by atoms with Crippen molar-refractivity contribution in [2.24, 2.45) is 0 Å². The second-order valence-electron chi connectivity index (χ2n) is 6.80. The van der Waals surface area contributed by atoms with E-state index in [1.54, 1.807) is 0 Å². The maximum Gasteiger partial charge on any atom is 0.104 e. The molecule has 0 spiro atoms. The Bertz CT molecular complexity index is 876. The van der Waals surface area contributed by atoms with Crippen molar-refractivity contribution >= 4 is 10.9 Å². The maximum absolute atomic E-state index is 11.1. The number of para-hydroxylation sites is 1. The molecule has 2 aromatic carbocycles. The van der Waals surface area contributed by atoms with Crippen molar-refractivity contribution in [3.8, 4) is 0 Å². The van der Waals surface area contributed by atoms with Crippen LogP contribution in [0.5, 0.6) is 0 Å². The van der Waals surface area contributed by atoms with E-state index in [9.17, 15) is 5.11 Å². The summed E-state index contributed by atoms with van der Waals surface area (Å²) < 4.78 is 0. The molecule has 1 saturated heterocycles. The molecule has 4 rings (SSSR count). The number of hydrogen-bond donors (Lipinski definition) is 1. The molecule has 1 aromatic heterocycles. The average molecular weight is 318 g/mol. The van der Waals surface area contributed by atoms with Crippen LogP contribution in [0.1, 0.15) is 23.2 Å². The van der Waals surface area contributed by atoms with Crippen molar-refractivity contribution in [1.29, 1.82) is 0 Å². The molecule has 3 heteroatoms. The average Bonchev–Trinajstić information content (AvgIpc) is 2.97. The summed E-state index contributed by atoms with van der Waals surface area (Å²) in [5.41, 5.74) is 3.55. The van der Waals surface area contributed by atoms with Gasteiger partial charge in [-0.2, -0.15) is 0 Å². The van der Waals surface area contributed by atoms with Crippen molar-refractivity contribution in [1.82, 2.24) is 9.88 Å². The van der Waals surface area contributed by atoms with Gasteiger partial charge in [0.2, 0.25) is 0 Å². The van der Waals surface area contributed by atoms with Crippen molar-refractivity contribution in [3.05, 3.63) is 77.5 Å². The zero-order valence-electron chi connectivity index (χ0n) is 13.9. The molecule has 3 nitrogen and oxygen atoms in total. The first kappa shape index (κ1) is 15.3. The van der Waals surface area contributed by atoms with Crippen LogP contribution in [-0.4, -0.2) is 28.1 Å². The quantitative estimate of drug-likeness (QED) is 0.801. The van der Waals surface area contributed by atoms with Gasteiger partial charge in [-0.25, -0.2) is 0 Å². The molecule has 122 valence electrons. The number of pyridine rings is 1. The summed E-state index contributed by atoms with van der Waals surface area (Å²) in [6.07, 6.45) is 0.769. The Morgan fingerprint density at radius 1 is 1.04 bits per heavy atom. The third-order valence-corrected chi connectivity index (χ3v) is 5.01. The van der Waals surface area contributed by atoms with E-state index >= 15 is 0 Å². The molecule has 2 heterocycles. The molecule has 0 bridgehead atoms. The fraction of sp³-hybridized carbons (Fsp3) is 0.286. The van der Waals surface area contributed by atoms with E-state index in [1.165, 1.54) is 5.39 Å². The van der Waals surface area contributed by atoms with E-state index in [2.05, 4.69) is 36.1 Å². The standard InChI is InChI=1S/C21H22N2O/c1-16-6-2-4-8-19(16)21(24)12-13-23(15-21)14-18-11-10-17-7-3-5-9-20(17)22-18/h2-11,24H,12-15H2,1H3/t21-/m1/s1. The minimum Gasteiger partial charge on any atom is -0.384 e. The normalized spacial score (nSPS) is 21.4. The van der Waals surface area contributed by atoms with E-state index in [-0.39, 0.29) is 0 Å². The van der Waals surface area contributed by atoms with Crippen molar-refractivity contribution in [3.63, 3.8) is 0 Å². The van der Waals surface area contributed by atoms with Gasteiger partial charge in [-0.3, -0.25) is 9.88 Å². The van der Waals surface area contributed by atoms with Gasteiger partial charge in [-0.05, 0) is 36.6 Å². The highest BCUT2D eigenvalue weighted by atomic mass is 16.3. The molecular weight excluding hydrogens is 296 g/mol. The number of aliphatic hydroxyl groups is 1. The minimum absolute atomic E-state index is 0.659. The fourth-order valence-electron chi connectivity index (χ4n) is 3.75. The van der Waals surface area contributed by atoms with Gasteiger partial charge < -0.3 is 5.11 Å². The highest BCUT2D eigenvalue weighted by molar-refractivity contribution is 5.78. The van der Waals surface area contributed by atoms with Gasteiger partial charge in [-0.1, -0.05) is 48.5 Å². The molecule has 0 saturated carbocycles. The van der Waals surface area contributed by atoms with E-state index in [4.69, 9.17) is 4.98 Å². The molecule has 1 aliphatic heterocycles. The van der Waals surface area contributed by atoms with Gasteiger partial charge in [-0.15, -0.1) is 0 Å². The summed E-state index contributed by atoms with van der Waals surface area (Å²) in [5, 5.41) is 12.3. The lowest BCUT2D eigenvalue weighted by Crippen LogP contribution is -2.31. The lowest BCUT2D eigenvalue weighted by Gasteiger charge is -2.25. The van der Waals surface area contributed by atoms with Crippen molar-refractivity contribution in [2.75, 3.05) is 13.1 Å². The first-order valence-corrected chi connectivity index (χ1v) is 8.50. The Labute approximate surface area is 142 Å². The van der Waals surface area contributed by atoms with E-state index in [0.29, 0.717) is 6.54 Å². The van der Waals surface area contributed by atoms with E-state index < -0.39 is 5.60 Å². The molecule has 1 fully saturated rings. The van der Waals surface area contributed by atoms with Crippen LogP contribution in [0.2, 0.25) is 0 Å². The summed E-state index contributed by atoms with van der Waals surface area (Å²) in [7, 11) is 0. The van der Waals surface area contributed by atoms with Crippen LogP contribution in [0, 0.1) is 6.92 Å². The topological polar surface area (TPSA) is 36.4 Å². The lowest BCUT2D eigenvalue weighted by molar-refractivity contribution is 0.0446. The largest absolute Gasteiger partial charge is 0.384 e. The van der Waals surface area contributed by atoms with Crippen LogP contribution < -0.4 is 0 Å². The number of hydrogen-bond acceptors (Lipinski definition) is 3. The van der Waals surface area contributed by atoms with Gasteiger partial charge in [0.05, 0.1) is 11.2 Å². The molecule has 24 heavy (non-hydrogen) atoms. The van der Waals surface area contributed by atoms with Crippen LogP contribution in [0.4, 0.5) is 0 Å². The van der Waals surface area contributed by atoms with Crippen LogP contribution >= 0.6 is 0 Å². The highest BCUT2D eigenvalue weighted by Gasteiger charge is 2.38. The zero-order valence-corrected chi connectivity index (χ0v) is 13.9. The number of β-amino-alcohol motifs (C(OH)–C–C–N with tert-alkyl or cyclic N) is 1. The molecule has 1 atom stereocenters. The number of likely N-dealkylation sites (tertiary alicyclic amines) is 1. The Morgan fingerprint density at radius 3 is 2.71 bits per heavy atom. The number of fused-ring (bicyclic) bond motifs is 1. The predicted molar refractivity (Wildman–Crippen MR) is 96.7 cm³/mol. The smallest absolute Gasteiger partial charge is 0.104 e. The second kappa shape index (κ2) is 6.00. The Hall–Kier alpha value is -2.23. The molecular formula is C21H22N2O. The monoisotopic (exact) mass is 318 g/mol. The van der Waals surface area contributed by atoms with E-state index in [0.717, 1.165) is 41.8 Å². The van der Waals surface area contributed by atoms with Gasteiger partial charge >= 0.3 is 0 Å². The molecule has 0 amide bonds. The SMILES string of the molecule is Cc1ccccc1[C@@]1(O)CCN(Cc2ccc3ccccc3n2)C1. The van der Waals surface area contributed by atoms with Crippen LogP contribution in [0.15, 0.2) is 60.7 Å². The lowest BCUT2D eigenvalue weighted by atomic mass is 9.89. The Balaban J connectivity index is 1.53. The molecule has 0 aliphatic carbocycles. The van der Waals surface area contributed by atoms with Gasteiger partial charge in [0.25, 0.3) is 0 Å². The van der Waals surface area contributed by atoms with Gasteiger partial charge in [0.15, 0.2) is 0 Å². The highest BCUT2D eigenvalue weighted by Crippen LogP contribution is 2.34. The number of benzene rings is 2. The first-order chi connectivity index (χ1) is 11.6. The number of aromatic nitrogens is 1. The molecule has 1 aliphatic rings. The van der Waals surface area contributed by atoms with Crippen LogP contribution in [0.25, 0.3) is 10.9 Å². The zero-order chi connectivity index (χ0) is 16.6. The van der Waals surface area contributed by atoms with Crippen LogP contribution in [-0.2, 0) is 12.1 Å². The maximum atomic E-state index is 11.1. The summed E-state index contributed by atoms with van der Waals surface area (Å²) in [4.78, 5) is 7.05.